The Morgan fingerprint density at radius 3 is 2.88 bits per heavy atom. The number of carbonyl (C=O) groups is 2. The van der Waals surface area contributed by atoms with E-state index in [4.69, 9.17) is 9.52 Å². The first-order chi connectivity index (χ1) is 11.4. The maximum atomic E-state index is 12.8. The van der Waals surface area contributed by atoms with E-state index in [1.165, 1.54) is 0 Å². The van der Waals surface area contributed by atoms with Crippen LogP contribution in [0.25, 0.3) is 11.0 Å². The van der Waals surface area contributed by atoms with Crippen LogP contribution in [0.15, 0.2) is 34.7 Å². The Hall–Kier alpha value is -2.34. The van der Waals surface area contributed by atoms with Crippen LogP contribution in [0.1, 0.15) is 31.9 Å². The second kappa shape index (κ2) is 6.28. The van der Waals surface area contributed by atoms with Crippen molar-refractivity contribution in [3.05, 3.63) is 36.1 Å². The number of hydrogen-bond donors (Lipinski definition) is 2. The van der Waals surface area contributed by atoms with E-state index in [0.29, 0.717) is 18.8 Å². The highest BCUT2D eigenvalue weighted by Gasteiger charge is 2.38. The van der Waals surface area contributed by atoms with E-state index in [9.17, 15) is 9.59 Å². The van der Waals surface area contributed by atoms with Gasteiger partial charge in [-0.1, -0.05) is 18.2 Å². The minimum Gasteiger partial charge on any atom is -0.480 e. The van der Waals surface area contributed by atoms with Gasteiger partial charge in [0.05, 0.1) is 12.5 Å². The number of likely N-dealkylation sites (tertiary alicyclic amines) is 1. The van der Waals surface area contributed by atoms with Crippen LogP contribution in [-0.4, -0.2) is 47.1 Å². The van der Waals surface area contributed by atoms with Gasteiger partial charge in [0.15, 0.2) is 0 Å². The van der Waals surface area contributed by atoms with Crippen molar-refractivity contribution in [1.82, 2.24) is 10.2 Å². The van der Waals surface area contributed by atoms with Gasteiger partial charge >= 0.3 is 5.97 Å². The summed E-state index contributed by atoms with van der Waals surface area (Å²) in [4.78, 5) is 25.3. The van der Waals surface area contributed by atoms with Gasteiger partial charge < -0.3 is 14.4 Å². The van der Waals surface area contributed by atoms with Crippen LogP contribution < -0.4 is 5.32 Å². The normalized spacial score (nSPS) is 22.0. The number of carboxylic acid groups (broad SMARTS) is 1. The fourth-order valence-corrected chi connectivity index (χ4v) is 3.19. The number of carbonyl (C=O) groups excluding carboxylic acids is 1. The lowest BCUT2D eigenvalue weighted by Gasteiger charge is -2.26. The standard InChI is InChI=1S/C18H22N2O4/c1-12(15-9-13-5-3-4-6-14(13)24-15)17(23)20-8-7-18(2,11-20)19-10-16(21)22/h3-6,9,12,19H,7-8,10-11H2,1-2H3,(H,21,22). The van der Waals surface area contributed by atoms with E-state index < -0.39 is 5.97 Å². The number of nitrogens with zero attached hydrogens (tertiary/aromatic N) is 1. The van der Waals surface area contributed by atoms with Gasteiger partial charge in [-0.25, -0.2) is 0 Å². The van der Waals surface area contributed by atoms with Crippen molar-refractivity contribution in [1.29, 1.82) is 0 Å². The summed E-state index contributed by atoms with van der Waals surface area (Å²) >= 11 is 0. The average molecular weight is 330 g/mol. The number of amides is 1. The first-order valence-corrected chi connectivity index (χ1v) is 8.12. The molecule has 0 aliphatic carbocycles. The molecule has 1 fully saturated rings. The minimum atomic E-state index is -0.892. The number of nitrogens with one attached hydrogen (secondary N) is 1. The Morgan fingerprint density at radius 1 is 1.42 bits per heavy atom. The summed E-state index contributed by atoms with van der Waals surface area (Å²) in [6.45, 7) is 4.82. The van der Waals surface area contributed by atoms with Crippen LogP contribution >= 0.6 is 0 Å². The average Bonchev–Trinajstić information content (AvgIpc) is 3.16. The fraction of sp³-hybridized carbons (Fsp3) is 0.444. The molecule has 3 rings (SSSR count). The SMILES string of the molecule is CC(C(=O)N1CCC(C)(NCC(=O)O)C1)c1cc2ccccc2o1. The quantitative estimate of drug-likeness (QED) is 0.878. The van der Waals surface area contributed by atoms with Crippen molar-refractivity contribution in [3.63, 3.8) is 0 Å². The Bertz CT molecular complexity index is 736. The van der Waals surface area contributed by atoms with E-state index in [0.717, 1.165) is 17.4 Å². The highest BCUT2D eigenvalue weighted by Crippen LogP contribution is 2.29. The molecule has 1 aromatic carbocycles. The van der Waals surface area contributed by atoms with Crippen LogP contribution in [0.2, 0.25) is 0 Å². The number of fused-ring (bicyclic) bond motifs is 1. The molecule has 6 heteroatoms. The number of hydrogen-bond acceptors (Lipinski definition) is 4. The number of carboxylic acids is 1. The van der Waals surface area contributed by atoms with Crippen LogP contribution in [0.5, 0.6) is 0 Å². The number of benzene rings is 1. The van der Waals surface area contributed by atoms with Gasteiger partial charge in [-0.15, -0.1) is 0 Å². The maximum absolute atomic E-state index is 12.8. The lowest BCUT2D eigenvalue weighted by Crippen LogP contribution is -2.47. The molecule has 2 atom stereocenters. The molecule has 24 heavy (non-hydrogen) atoms. The van der Waals surface area contributed by atoms with E-state index in [-0.39, 0.29) is 23.9 Å². The third-order valence-electron chi connectivity index (χ3n) is 4.69. The van der Waals surface area contributed by atoms with Gasteiger partial charge in [-0.3, -0.25) is 14.9 Å². The Balaban J connectivity index is 1.69. The zero-order valence-electron chi connectivity index (χ0n) is 13.9. The molecule has 1 aliphatic rings. The molecular weight excluding hydrogens is 308 g/mol. The number of rotatable bonds is 5. The largest absolute Gasteiger partial charge is 0.480 e. The van der Waals surface area contributed by atoms with E-state index in [1.807, 2.05) is 44.2 Å². The molecular formula is C18H22N2O4. The first-order valence-electron chi connectivity index (χ1n) is 8.12. The topological polar surface area (TPSA) is 82.8 Å². The highest BCUT2D eigenvalue weighted by molar-refractivity contribution is 5.85. The maximum Gasteiger partial charge on any atom is 0.317 e. The molecule has 2 N–H and O–H groups in total. The first kappa shape index (κ1) is 16.5. The lowest BCUT2D eigenvalue weighted by atomic mass is 10.0. The zero-order chi connectivity index (χ0) is 17.3. The lowest BCUT2D eigenvalue weighted by molar-refractivity contribution is -0.136. The van der Waals surface area contributed by atoms with Crippen LogP contribution in [0, 0.1) is 0 Å². The van der Waals surface area contributed by atoms with Crippen LogP contribution in [0.4, 0.5) is 0 Å². The highest BCUT2D eigenvalue weighted by atomic mass is 16.4. The summed E-state index contributed by atoms with van der Waals surface area (Å²) in [6.07, 6.45) is 0.735. The van der Waals surface area contributed by atoms with E-state index in [1.54, 1.807) is 4.90 Å². The molecule has 2 unspecified atom stereocenters. The molecule has 0 saturated carbocycles. The molecule has 2 heterocycles. The van der Waals surface area contributed by atoms with Gasteiger partial charge in [-0.05, 0) is 32.4 Å². The summed E-state index contributed by atoms with van der Waals surface area (Å²) in [5.41, 5.74) is 0.420. The molecule has 128 valence electrons. The summed E-state index contributed by atoms with van der Waals surface area (Å²) in [5.74, 6) is -0.584. The fourth-order valence-electron chi connectivity index (χ4n) is 3.19. The molecule has 0 spiro atoms. The van der Waals surface area contributed by atoms with Gasteiger partial charge in [-0.2, -0.15) is 0 Å². The van der Waals surface area contributed by atoms with Crippen molar-refractivity contribution in [2.24, 2.45) is 0 Å². The molecule has 0 radical (unpaired) electrons. The van der Waals surface area contributed by atoms with Crippen molar-refractivity contribution in [2.75, 3.05) is 19.6 Å². The molecule has 1 aromatic heterocycles. The molecule has 1 saturated heterocycles. The van der Waals surface area contributed by atoms with Crippen molar-refractivity contribution >= 4 is 22.8 Å². The smallest absolute Gasteiger partial charge is 0.317 e. The van der Waals surface area contributed by atoms with Crippen LogP contribution in [0.3, 0.4) is 0 Å². The summed E-state index contributed by atoms with van der Waals surface area (Å²) in [7, 11) is 0. The van der Waals surface area contributed by atoms with Gasteiger partial charge in [0.2, 0.25) is 5.91 Å². The predicted octanol–water partition coefficient (Wildman–Crippen LogP) is 2.20. The van der Waals surface area contributed by atoms with Gasteiger partial charge in [0.1, 0.15) is 11.3 Å². The second-order valence-electron chi connectivity index (χ2n) is 6.73. The van der Waals surface area contributed by atoms with Gasteiger partial charge in [0.25, 0.3) is 0 Å². The van der Waals surface area contributed by atoms with E-state index in [2.05, 4.69) is 5.32 Å². The van der Waals surface area contributed by atoms with Crippen molar-refractivity contribution in [3.8, 4) is 0 Å². The summed E-state index contributed by atoms with van der Waals surface area (Å²) in [6, 6.07) is 9.60. The monoisotopic (exact) mass is 330 g/mol. The predicted molar refractivity (Wildman–Crippen MR) is 89.9 cm³/mol. The summed E-state index contributed by atoms with van der Waals surface area (Å²) in [5, 5.41) is 12.8. The molecule has 1 amide bonds. The van der Waals surface area contributed by atoms with Crippen molar-refractivity contribution < 1.29 is 19.1 Å². The zero-order valence-corrected chi connectivity index (χ0v) is 13.9. The van der Waals surface area contributed by atoms with Crippen LogP contribution in [-0.2, 0) is 9.59 Å². The Labute approximate surface area is 140 Å². The van der Waals surface area contributed by atoms with Gasteiger partial charge in [0, 0.05) is 24.0 Å². The third kappa shape index (κ3) is 3.28. The minimum absolute atomic E-state index is 0.00917. The molecule has 1 aliphatic heterocycles. The number of furan rings is 1. The molecule has 0 bridgehead atoms. The summed E-state index contributed by atoms with van der Waals surface area (Å²) < 4.78 is 5.80. The third-order valence-corrected chi connectivity index (χ3v) is 4.69. The number of para-hydroxylation sites is 1. The van der Waals surface area contributed by atoms with Crippen molar-refractivity contribution in [2.45, 2.75) is 31.7 Å². The van der Waals surface area contributed by atoms with E-state index >= 15 is 0 Å². The molecule has 6 nitrogen and oxygen atoms in total. The Morgan fingerprint density at radius 2 is 2.17 bits per heavy atom. The number of aliphatic carboxylic acids is 1. The molecule has 2 aromatic rings. The Kier molecular flexibility index (Phi) is 4.32. The second-order valence-corrected chi connectivity index (χ2v) is 6.73.